The number of halogens is 1. The van der Waals surface area contributed by atoms with Crippen molar-refractivity contribution >= 4 is 34.1 Å². The van der Waals surface area contributed by atoms with E-state index in [1.165, 1.54) is 24.6 Å². The molecule has 22 heavy (non-hydrogen) atoms. The van der Waals surface area contributed by atoms with Gasteiger partial charge in [0.1, 0.15) is 0 Å². The number of nitrogens with one attached hydrogen (secondary N) is 1. The minimum Gasteiger partial charge on any atom is -0.461 e. The first-order valence-electron chi connectivity index (χ1n) is 6.40. The molecule has 3 rings (SSSR count). The highest BCUT2D eigenvalue weighted by molar-refractivity contribution is 6.31. The van der Waals surface area contributed by atoms with Crippen molar-refractivity contribution in [2.45, 2.75) is 0 Å². The number of carbonyl (C=O) groups excluding carboxylic acids is 2. The molecule has 0 amide bonds. The van der Waals surface area contributed by atoms with Crippen molar-refractivity contribution in [3.63, 3.8) is 0 Å². The zero-order valence-electron chi connectivity index (χ0n) is 11.2. The summed E-state index contributed by atoms with van der Waals surface area (Å²) in [5.74, 6) is -2.68. The van der Waals surface area contributed by atoms with Crippen LogP contribution in [0, 0.1) is 17.2 Å². The number of furan rings is 1. The molecule has 1 aromatic carbocycles. The molecule has 1 N–H and O–H groups in total. The first-order chi connectivity index (χ1) is 10.6. The fourth-order valence-corrected chi connectivity index (χ4v) is 2.43. The first kappa shape index (κ1) is 14.1. The molecular formula is C16H9ClN2O3. The number of hydrogen-bond acceptors (Lipinski definition) is 4. The summed E-state index contributed by atoms with van der Waals surface area (Å²) in [5, 5.41) is 10.4. The number of aromatic nitrogens is 1. The first-order valence-corrected chi connectivity index (χ1v) is 6.78. The molecule has 0 saturated heterocycles. The smallest absolute Gasteiger partial charge is 0.222 e. The van der Waals surface area contributed by atoms with Gasteiger partial charge in [-0.25, -0.2) is 0 Å². The number of ketones is 2. The Labute approximate surface area is 130 Å². The van der Waals surface area contributed by atoms with Gasteiger partial charge in [0.2, 0.25) is 5.78 Å². The highest BCUT2D eigenvalue weighted by Crippen LogP contribution is 2.25. The second-order valence-electron chi connectivity index (χ2n) is 4.66. The van der Waals surface area contributed by atoms with Crippen LogP contribution in [0.3, 0.4) is 0 Å². The Bertz CT molecular complexity index is 903. The highest BCUT2D eigenvalue weighted by Gasteiger charge is 2.31. The Morgan fingerprint density at radius 1 is 1.27 bits per heavy atom. The lowest BCUT2D eigenvalue weighted by atomic mass is 9.93. The van der Waals surface area contributed by atoms with Crippen LogP contribution in [0.4, 0.5) is 0 Å². The van der Waals surface area contributed by atoms with Crippen LogP contribution >= 0.6 is 11.6 Å². The van der Waals surface area contributed by atoms with Crippen LogP contribution in [0.5, 0.6) is 0 Å². The van der Waals surface area contributed by atoms with Crippen LogP contribution in [-0.4, -0.2) is 16.6 Å². The molecule has 108 valence electrons. The maximum Gasteiger partial charge on any atom is 0.222 e. The molecule has 0 unspecified atom stereocenters. The molecule has 5 nitrogen and oxygen atoms in total. The lowest BCUT2D eigenvalue weighted by molar-refractivity contribution is 0.0830. The van der Waals surface area contributed by atoms with Gasteiger partial charge in [-0.2, -0.15) is 5.26 Å². The molecule has 0 aliphatic carbocycles. The van der Waals surface area contributed by atoms with Crippen molar-refractivity contribution in [2.24, 2.45) is 5.92 Å². The Morgan fingerprint density at radius 2 is 2.09 bits per heavy atom. The molecule has 2 heterocycles. The minimum absolute atomic E-state index is 0.0113. The van der Waals surface area contributed by atoms with Gasteiger partial charge in [-0.05, 0) is 24.3 Å². The van der Waals surface area contributed by atoms with E-state index in [1.54, 1.807) is 24.3 Å². The standard InChI is InChI=1S/C16H9ClN2O3/c17-9-3-4-10-12(8-19-13(10)6-9)15(20)11(7-18)16(21)14-2-1-5-22-14/h1-6,8,11,19H/t11-/m0/s1. The average Bonchev–Trinajstić information content (AvgIpc) is 3.16. The van der Waals surface area contributed by atoms with Crippen LogP contribution in [0.1, 0.15) is 20.9 Å². The Morgan fingerprint density at radius 3 is 2.77 bits per heavy atom. The number of carbonyl (C=O) groups is 2. The molecule has 0 radical (unpaired) electrons. The molecule has 6 heteroatoms. The molecule has 0 aliphatic rings. The number of Topliss-reactive ketones (excluding diaryl/α,β-unsaturated/α-hetero) is 2. The summed E-state index contributed by atoms with van der Waals surface area (Å²) in [5.41, 5.74) is 0.941. The quantitative estimate of drug-likeness (QED) is 0.588. The summed E-state index contributed by atoms with van der Waals surface area (Å²) in [6.07, 6.45) is 2.79. The van der Waals surface area contributed by atoms with Crippen LogP contribution in [-0.2, 0) is 0 Å². The minimum atomic E-state index is -1.44. The largest absolute Gasteiger partial charge is 0.461 e. The molecule has 0 aliphatic heterocycles. The molecule has 2 aromatic heterocycles. The number of hydrogen-bond donors (Lipinski definition) is 1. The van der Waals surface area contributed by atoms with Crippen molar-refractivity contribution in [2.75, 3.05) is 0 Å². The van der Waals surface area contributed by atoms with Crippen LogP contribution in [0.15, 0.2) is 47.2 Å². The Balaban J connectivity index is 2.01. The number of nitrogens with zero attached hydrogens (tertiary/aromatic N) is 1. The molecule has 1 atom stereocenters. The zero-order chi connectivity index (χ0) is 15.7. The fraction of sp³-hybridized carbons (Fsp3) is 0.0625. The summed E-state index contributed by atoms with van der Waals surface area (Å²) in [4.78, 5) is 27.6. The van der Waals surface area contributed by atoms with Gasteiger partial charge in [0.15, 0.2) is 17.5 Å². The molecule has 0 saturated carbocycles. The SMILES string of the molecule is N#C[C@H](C(=O)c1ccco1)C(=O)c1c[nH]c2cc(Cl)ccc12. The molecule has 0 fully saturated rings. The zero-order valence-corrected chi connectivity index (χ0v) is 11.9. The molecule has 0 spiro atoms. The average molecular weight is 313 g/mol. The van der Waals surface area contributed by atoms with Gasteiger partial charge in [-0.1, -0.05) is 17.7 Å². The van der Waals surface area contributed by atoms with Crippen LogP contribution in [0.25, 0.3) is 10.9 Å². The van der Waals surface area contributed by atoms with Crippen LogP contribution < -0.4 is 0 Å². The van der Waals surface area contributed by atoms with E-state index in [0.717, 1.165) is 0 Å². The summed E-state index contributed by atoms with van der Waals surface area (Å²) in [7, 11) is 0. The van der Waals surface area contributed by atoms with E-state index in [1.807, 2.05) is 0 Å². The third kappa shape index (κ3) is 2.30. The van der Waals surface area contributed by atoms with Crippen molar-refractivity contribution in [1.29, 1.82) is 5.26 Å². The number of fused-ring (bicyclic) bond motifs is 1. The normalized spacial score (nSPS) is 12.0. The van der Waals surface area contributed by atoms with Gasteiger partial charge in [0.25, 0.3) is 0 Å². The van der Waals surface area contributed by atoms with Gasteiger partial charge in [-0.15, -0.1) is 0 Å². The second kappa shape index (κ2) is 5.51. The van der Waals surface area contributed by atoms with Crippen molar-refractivity contribution in [3.8, 4) is 6.07 Å². The van der Waals surface area contributed by atoms with E-state index in [0.29, 0.717) is 15.9 Å². The molecule has 3 aromatic rings. The van der Waals surface area contributed by atoms with E-state index in [9.17, 15) is 14.9 Å². The number of nitriles is 1. The lowest BCUT2D eigenvalue weighted by Crippen LogP contribution is -2.22. The second-order valence-corrected chi connectivity index (χ2v) is 5.10. The van der Waals surface area contributed by atoms with E-state index >= 15 is 0 Å². The summed E-state index contributed by atoms with van der Waals surface area (Å²) < 4.78 is 4.97. The summed E-state index contributed by atoms with van der Waals surface area (Å²) in [6.45, 7) is 0. The lowest BCUT2D eigenvalue weighted by Gasteiger charge is -2.04. The summed E-state index contributed by atoms with van der Waals surface area (Å²) >= 11 is 5.89. The van der Waals surface area contributed by atoms with E-state index in [-0.39, 0.29) is 11.3 Å². The monoisotopic (exact) mass is 312 g/mol. The molecule has 0 bridgehead atoms. The van der Waals surface area contributed by atoms with E-state index < -0.39 is 17.5 Å². The maximum absolute atomic E-state index is 12.5. The van der Waals surface area contributed by atoms with Gasteiger partial charge >= 0.3 is 0 Å². The van der Waals surface area contributed by atoms with Gasteiger partial charge < -0.3 is 9.40 Å². The van der Waals surface area contributed by atoms with Crippen molar-refractivity contribution in [1.82, 2.24) is 4.98 Å². The highest BCUT2D eigenvalue weighted by atomic mass is 35.5. The molecular weight excluding hydrogens is 304 g/mol. The summed E-state index contributed by atoms with van der Waals surface area (Å²) in [6, 6.07) is 9.70. The predicted octanol–water partition coefficient (Wildman–Crippen LogP) is 3.62. The number of rotatable bonds is 4. The Kier molecular flexibility index (Phi) is 3.53. The number of aromatic amines is 1. The van der Waals surface area contributed by atoms with Gasteiger partial charge in [0.05, 0.1) is 12.3 Å². The number of H-pyrrole nitrogens is 1. The number of benzene rings is 1. The van der Waals surface area contributed by atoms with Crippen molar-refractivity contribution < 1.29 is 14.0 Å². The third-order valence-electron chi connectivity index (χ3n) is 3.33. The topological polar surface area (TPSA) is 86.9 Å². The third-order valence-corrected chi connectivity index (χ3v) is 3.56. The van der Waals surface area contributed by atoms with Gasteiger partial charge in [-0.3, -0.25) is 9.59 Å². The van der Waals surface area contributed by atoms with E-state index in [4.69, 9.17) is 16.0 Å². The maximum atomic E-state index is 12.5. The van der Waals surface area contributed by atoms with Crippen molar-refractivity contribution in [3.05, 3.63) is 59.1 Å². The fourth-order valence-electron chi connectivity index (χ4n) is 2.26. The predicted molar refractivity (Wildman–Crippen MR) is 79.8 cm³/mol. The van der Waals surface area contributed by atoms with Gasteiger partial charge in [0, 0.05) is 27.7 Å². The van der Waals surface area contributed by atoms with Crippen LogP contribution in [0.2, 0.25) is 5.02 Å². The Hall–Kier alpha value is -2.84. The van der Waals surface area contributed by atoms with E-state index in [2.05, 4.69) is 4.98 Å².